The lowest BCUT2D eigenvalue weighted by Gasteiger charge is -2.07. The third-order valence-electron chi connectivity index (χ3n) is 3.08. The molecule has 0 radical (unpaired) electrons. The van der Waals surface area contributed by atoms with E-state index >= 15 is 0 Å². The van der Waals surface area contributed by atoms with Crippen molar-refractivity contribution in [3.63, 3.8) is 0 Å². The van der Waals surface area contributed by atoms with Crippen LogP contribution in [0.15, 0.2) is 24.3 Å². The summed E-state index contributed by atoms with van der Waals surface area (Å²) >= 11 is 0. The Bertz CT molecular complexity index is 360. The molecular weight excluding hydrogens is 236 g/mol. The second kappa shape index (κ2) is 9.42. The van der Waals surface area contributed by atoms with Gasteiger partial charge in [-0.05, 0) is 24.1 Å². The summed E-state index contributed by atoms with van der Waals surface area (Å²) in [6.07, 6.45) is 8.19. The summed E-state index contributed by atoms with van der Waals surface area (Å²) in [5.74, 6) is 1.10. The van der Waals surface area contributed by atoms with Crippen LogP contribution in [0, 0.1) is 5.41 Å². The fourth-order valence-corrected chi connectivity index (χ4v) is 2.00. The minimum absolute atomic E-state index is 0.195. The van der Waals surface area contributed by atoms with E-state index in [-0.39, 0.29) is 5.84 Å². The second-order valence-electron chi connectivity index (χ2n) is 4.96. The van der Waals surface area contributed by atoms with Crippen molar-refractivity contribution in [2.24, 2.45) is 5.73 Å². The van der Waals surface area contributed by atoms with Crippen molar-refractivity contribution in [3.8, 4) is 5.75 Å². The van der Waals surface area contributed by atoms with Crippen LogP contribution in [-0.2, 0) is 6.42 Å². The largest absolute Gasteiger partial charge is 0.494 e. The van der Waals surface area contributed by atoms with E-state index in [2.05, 4.69) is 6.92 Å². The van der Waals surface area contributed by atoms with Gasteiger partial charge in [-0.2, -0.15) is 0 Å². The zero-order valence-electron chi connectivity index (χ0n) is 12.0. The molecule has 1 rings (SSSR count). The molecule has 0 aliphatic rings. The van der Waals surface area contributed by atoms with Crippen LogP contribution in [0.4, 0.5) is 0 Å². The number of nitrogens with one attached hydrogen (secondary N) is 1. The van der Waals surface area contributed by atoms with Crippen LogP contribution in [0.3, 0.4) is 0 Å². The van der Waals surface area contributed by atoms with Gasteiger partial charge in [-0.25, -0.2) is 0 Å². The van der Waals surface area contributed by atoms with E-state index in [0.717, 1.165) is 24.3 Å². The smallest absolute Gasteiger partial charge is 0.119 e. The summed E-state index contributed by atoms with van der Waals surface area (Å²) in [6.45, 7) is 3.02. The van der Waals surface area contributed by atoms with Gasteiger partial charge in [0, 0.05) is 6.42 Å². The van der Waals surface area contributed by atoms with Crippen LogP contribution in [0.1, 0.15) is 51.0 Å². The Labute approximate surface area is 116 Å². The van der Waals surface area contributed by atoms with Crippen molar-refractivity contribution in [1.82, 2.24) is 0 Å². The Kier molecular flexibility index (Phi) is 7.71. The van der Waals surface area contributed by atoms with Crippen molar-refractivity contribution >= 4 is 5.84 Å². The second-order valence-corrected chi connectivity index (χ2v) is 4.96. The van der Waals surface area contributed by atoms with E-state index in [1.807, 2.05) is 24.3 Å². The van der Waals surface area contributed by atoms with Crippen molar-refractivity contribution in [2.45, 2.75) is 51.9 Å². The summed E-state index contributed by atoms with van der Waals surface area (Å²) in [5, 5.41) is 7.24. The van der Waals surface area contributed by atoms with Gasteiger partial charge >= 0.3 is 0 Å². The standard InChI is InChI=1S/C16H26N2O/c1-2-3-4-5-6-7-12-19-15-10-8-14(9-11-15)13-16(17)18/h8-11H,2-7,12-13H2,1H3,(H3,17,18). The Morgan fingerprint density at radius 2 is 1.68 bits per heavy atom. The molecule has 0 atom stereocenters. The molecule has 1 aromatic carbocycles. The third kappa shape index (κ3) is 7.50. The van der Waals surface area contributed by atoms with E-state index in [4.69, 9.17) is 15.9 Å². The van der Waals surface area contributed by atoms with Crippen molar-refractivity contribution in [2.75, 3.05) is 6.61 Å². The Hall–Kier alpha value is -1.51. The van der Waals surface area contributed by atoms with Crippen LogP contribution >= 0.6 is 0 Å². The first-order chi connectivity index (χ1) is 9.22. The maximum atomic E-state index is 7.24. The lowest BCUT2D eigenvalue weighted by molar-refractivity contribution is 0.304. The first-order valence-corrected chi connectivity index (χ1v) is 7.27. The molecule has 0 bridgehead atoms. The quantitative estimate of drug-likeness (QED) is 0.381. The molecule has 0 amide bonds. The highest BCUT2D eigenvalue weighted by Gasteiger charge is 1.97. The zero-order valence-corrected chi connectivity index (χ0v) is 12.0. The molecule has 3 N–H and O–H groups in total. The summed E-state index contributed by atoms with van der Waals surface area (Å²) in [4.78, 5) is 0. The molecule has 0 saturated heterocycles. The van der Waals surface area contributed by atoms with Crippen LogP contribution in [0.5, 0.6) is 5.75 Å². The molecule has 3 nitrogen and oxygen atoms in total. The third-order valence-corrected chi connectivity index (χ3v) is 3.08. The molecule has 0 heterocycles. The highest BCUT2D eigenvalue weighted by molar-refractivity contribution is 5.79. The number of nitrogens with two attached hydrogens (primary N) is 1. The topological polar surface area (TPSA) is 59.1 Å². The summed E-state index contributed by atoms with van der Waals surface area (Å²) in [5.41, 5.74) is 6.42. The van der Waals surface area contributed by atoms with Crippen molar-refractivity contribution < 1.29 is 4.74 Å². The average molecular weight is 262 g/mol. The van der Waals surface area contributed by atoms with Gasteiger partial charge in [0.25, 0.3) is 0 Å². The molecule has 0 fully saturated rings. The lowest BCUT2D eigenvalue weighted by Crippen LogP contribution is -2.12. The van der Waals surface area contributed by atoms with Crippen molar-refractivity contribution in [1.29, 1.82) is 5.41 Å². The first kappa shape index (κ1) is 15.5. The molecule has 106 valence electrons. The molecule has 1 aromatic rings. The number of rotatable bonds is 10. The van der Waals surface area contributed by atoms with Gasteiger partial charge in [-0.1, -0.05) is 51.2 Å². The summed E-state index contributed by atoms with van der Waals surface area (Å²) in [6, 6.07) is 7.85. The van der Waals surface area contributed by atoms with E-state index in [1.54, 1.807) is 0 Å². The Morgan fingerprint density at radius 3 is 2.32 bits per heavy atom. The number of ether oxygens (including phenoxy) is 1. The molecule has 0 spiro atoms. The number of hydrogen-bond donors (Lipinski definition) is 2. The van der Waals surface area contributed by atoms with Crippen molar-refractivity contribution in [3.05, 3.63) is 29.8 Å². The number of benzene rings is 1. The molecule has 0 unspecified atom stereocenters. The minimum atomic E-state index is 0.195. The SMILES string of the molecule is CCCCCCCCOc1ccc(CC(=N)N)cc1. The zero-order chi connectivity index (χ0) is 13.9. The molecule has 0 aromatic heterocycles. The molecule has 0 aliphatic carbocycles. The predicted molar refractivity (Wildman–Crippen MR) is 80.9 cm³/mol. The van der Waals surface area contributed by atoms with Crippen LogP contribution < -0.4 is 10.5 Å². The monoisotopic (exact) mass is 262 g/mol. The molecule has 0 aliphatic heterocycles. The highest BCUT2D eigenvalue weighted by Crippen LogP contribution is 2.13. The highest BCUT2D eigenvalue weighted by atomic mass is 16.5. The fraction of sp³-hybridized carbons (Fsp3) is 0.562. The molecular formula is C16H26N2O. The number of amidine groups is 1. The van der Waals surface area contributed by atoms with Gasteiger partial charge in [0.15, 0.2) is 0 Å². The van der Waals surface area contributed by atoms with Gasteiger partial charge in [0.1, 0.15) is 5.75 Å². The molecule has 0 saturated carbocycles. The Balaban J connectivity index is 2.14. The summed E-state index contributed by atoms with van der Waals surface area (Å²) < 4.78 is 5.69. The van der Waals surface area contributed by atoms with E-state index < -0.39 is 0 Å². The van der Waals surface area contributed by atoms with Gasteiger partial charge < -0.3 is 10.5 Å². The van der Waals surface area contributed by atoms with Crippen LogP contribution in [-0.4, -0.2) is 12.4 Å². The molecule has 3 heteroatoms. The fourth-order valence-electron chi connectivity index (χ4n) is 2.00. The van der Waals surface area contributed by atoms with Crippen LogP contribution in [0.2, 0.25) is 0 Å². The predicted octanol–water partition coefficient (Wildman–Crippen LogP) is 3.90. The Morgan fingerprint density at radius 1 is 1.05 bits per heavy atom. The van der Waals surface area contributed by atoms with E-state index in [0.29, 0.717) is 6.42 Å². The minimum Gasteiger partial charge on any atom is -0.494 e. The van der Waals surface area contributed by atoms with Gasteiger partial charge in [0.05, 0.1) is 12.4 Å². The van der Waals surface area contributed by atoms with Gasteiger partial charge in [0.2, 0.25) is 0 Å². The number of unbranched alkanes of at least 4 members (excludes halogenated alkanes) is 5. The first-order valence-electron chi connectivity index (χ1n) is 7.27. The molecule has 19 heavy (non-hydrogen) atoms. The van der Waals surface area contributed by atoms with E-state index in [9.17, 15) is 0 Å². The normalized spacial score (nSPS) is 10.4. The van der Waals surface area contributed by atoms with Gasteiger partial charge in [-0.3, -0.25) is 5.41 Å². The maximum Gasteiger partial charge on any atom is 0.119 e. The van der Waals surface area contributed by atoms with Crippen LogP contribution in [0.25, 0.3) is 0 Å². The maximum absolute atomic E-state index is 7.24. The number of hydrogen-bond acceptors (Lipinski definition) is 2. The average Bonchev–Trinajstić information content (AvgIpc) is 2.39. The van der Waals surface area contributed by atoms with Gasteiger partial charge in [-0.15, -0.1) is 0 Å². The lowest BCUT2D eigenvalue weighted by atomic mass is 10.1. The van der Waals surface area contributed by atoms with E-state index in [1.165, 1.54) is 32.1 Å². The summed E-state index contributed by atoms with van der Waals surface area (Å²) in [7, 11) is 0.